The van der Waals surface area contributed by atoms with E-state index in [0.29, 0.717) is 0 Å². The van der Waals surface area contributed by atoms with Crippen molar-refractivity contribution >= 4 is 23.3 Å². The lowest BCUT2D eigenvalue weighted by atomic mass is 9.95. The van der Waals surface area contributed by atoms with Crippen molar-refractivity contribution in [3.63, 3.8) is 0 Å². The number of hydrogen-bond donors (Lipinski definition) is 0. The molecule has 0 atom stereocenters. The van der Waals surface area contributed by atoms with E-state index < -0.39 is 0 Å². The first-order valence-electron chi connectivity index (χ1n) is 7.05. The summed E-state index contributed by atoms with van der Waals surface area (Å²) in [5.41, 5.74) is 10.7. The Morgan fingerprint density at radius 2 is 1.00 bits per heavy atom. The lowest BCUT2D eigenvalue weighted by Crippen LogP contribution is -1.88. The Balaban J connectivity index is 1.97. The van der Waals surface area contributed by atoms with Gasteiger partial charge < -0.3 is 0 Å². The zero-order chi connectivity index (χ0) is 13.7. The minimum absolute atomic E-state index is 1.32. The van der Waals surface area contributed by atoms with Crippen LogP contribution in [0.25, 0.3) is 23.3 Å². The maximum atomic E-state index is 2.29. The molecule has 0 nitrogen and oxygen atoms in total. The first kappa shape index (κ1) is 11.5. The highest BCUT2D eigenvalue weighted by Crippen LogP contribution is 2.40. The number of allylic oxidation sites excluding steroid dienone is 4. The fourth-order valence-electron chi connectivity index (χ4n) is 3.09. The van der Waals surface area contributed by atoms with Crippen LogP contribution in [0.15, 0.2) is 48.6 Å². The van der Waals surface area contributed by atoms with Gasteiger partial charge in [0.1, 0.15) is 0 Å². The van der Waals surface area contributed by atoms with Crippen LogP contribution in [0.3, 0.4) is 0 Å². The maximum absolute atomic E-state index is 2.29. The summed E-state index contributed by atoms with van der Waals surface area (Å²) in [7, 11) is 0. The van der Waals surface area contributed by atoms with Crippen LogP contribution >= 0.6 is 0 Å². The molecule has 0 saturated heterocycles. The molecule has 0 heteroatoms. The molecule has 0 unspecified atom stereocenters. The van der Waals surface area contributed by atoms with E-state index >= 15 is 0 Å². The molecular formula is C20H16. The van der Waals surface area contributed by atoms with Gasteiger partial charge in [0.05, 0.1) is 0 Å². The average Bonchev–Trinajstić information content (AvgIpc) is 3.01. The van der Waals surface area contributed by atoms with Crippen LogP contribution in [0.2, 0.25) is 0 Å². The standard InChI is InChI=1S/C20H16/c1-13-3-5-15-7-9-17(19(15)11-13)18-10-8-16-6-4-14(2)12-20(16)18/h3-12H,1-2H3/b18-17-. The minimum atomic E-state index is 1.32. The summed E-state index contributed by atoms with van der Waals surface area (Å²) in [4.78, 5) is 0. The number of benzene rings is 2. The molecule has 96 valence electrons. The van der Waals surface area contributed by atoms with Gasteiger partial charge in [-0.25, -0.2) is 0 Å². The van der Waals surface area contributed by atoms with Gasteiger partial charge in [0.2, 0.25) is 0 Å². The van der Waals surface area contributed by atoms with Crippen LogP contribution in [0.4, 0.5) is 0 Å². The summed E-state index contributed by atoms with van der Waals surface area (Å²) < 4.78 is 0. The van der Waals surface area contributed by atoms with Crippen molar-refractivity contribution in [1.82, 2.24) is 0 Å². The zero-order valence-electron chi connectivity index (χ0n) is 11.8. The Kier molecular flexibility index (Phi) is 2.34. The highest BCUT2D eigenvalue weighted by molar-refractivity contribution is 6.10. The lowest BCUT2D eigenvalue weighted by Gasteiger charge is -2.09. The maximum Gasteiger partial charge on any atom is -0.00989 e. The Morgan fingerprint density at radius 3 is 1.45 bits per heavy atom. The molecule has 0 heterocycles. The molecule has 2 aromatic rings. The van der Waals surface area contributed by atoms with Crippen molar-refractivity contribution in [1.29, 1.82) is 0 Å². The molecule has 2 aromatic carbocycles. The molecule has 2 aliphatic carbocycles. The molecule has 0 aromatic heterocycles. The molecule has 0 bridgehead atoms. The van der Waals surface area contributed by atoms with E-state index in [-0.39, 0.29) is 0 Å². The molecule has 0 radical (unpaired) electrons. The van der Waals surface area contributed by atoms with E-state index in [1.165, 1.54) is 44.5 Å². The van der Waals surface area contributed by atoms with Gasteiger partial charge in [0.15, 0.2) is 0 Å². The summed E-state index contributed by atoms with van der Waals surface area (Å²) in [6.45, 7) is 4.31. The number of fused-ring (bicyclic) bond motifs is 2. The monoisotopic (exact) mass is 256 g/mol. The Bertz CT molecular complexity index is 744. The fraction of sp³-hybridized carbons (Fsp3) is 0.100. The average molecular weight is 256 g/mol. The van der Waals surface area contributed by atoms with Gasteiger partial charge in [-0.05, 0) is 47.2 Å². The molecular weight excluding hydrogens is 240 g/mol. The van der Waals surface area contributed by atoms with Crippen LogP contribution < -0.4 is 0 Å². The fourth-order valence-corrected chi connectivity index (χ4v) is 3.09. The normalized spacial score (nSPS) is 18.5. The van der Waals surface area contributed by atoms with Crippen molar-refractivity contribution in [3.05, 3.63) is 81.9 Å². The minimum Gasteiger partial charge on any atom is -0.0587 e. The van der Waals surface area contributed by atoms with E-state index in [2.05, 4.69) is 74.5 Å². The quantitative estimate of drug-likeness (QED) is 0.602. The molecule has 20 heavy (non-hydrogen) atoms. The Hall–Kier alpha value is -2.34. The third kappa shape index (κ3) is 1.61. The summed E-state index contributed by atoms with van der Waals surface area (Å²) in [5.74, 6) is 0. The largest absolute Gasteiger partial charge is 0.0587 e. The summed E-state index contributed by atoms with van der Waals surface area (Å²) >= 11 is 0. The number of hydrogen-bond acceptors (Lipinski definition) is 0. The zero-order valence-corrected chi connectivity index (χ0v) is 11.8. The highest BCUT2D eigenvalue weighted by Gasteiger charge is 2.19. The van der Waals surface area contributed by atoms with Gasteiger partial charge in [-0.2, -0.15) is 0 Å². The van der Waals surface area contributed by atoms with Gasteiger partial charge in [0.25, 0.3) is 0 Å². The second kappa shape index (κ2) is 4.08. The van der Waals surface area contributed by atoms with E-state index in [4.69, 9.17) is 0 Å². The molecule has 0 fully saturated rings. The van der Waals surface area contributed by atoms with Crippen LogP contribution in [0.1, 0.15) is 33.4 Å². The molecule has 0 N–H and O–H groups in total. The highest BCUT2D eigenvalue weighted by atomic mass is 14.2. The lowest BCUT2D eigenvalue weighted by molar-refractivity contribution is 1.44. The molecule has 0 amide bonds. The van der Waals surface area contributed by atoms with E-state index in [9.17, 15) is 0 Å². The van der Waals surface area contributed by atoms with Gasteiger partial charge in [-0.1, -0.05) is 71.8 Å². The third-order valence-corrected chi connectivity index (χ3v) is 4.15. The van der Waals surface area contributed by atoms with Crippen molar-refractivity contribution in [2.75, 3.05) is 0 Å². The van der Waals surface area contributed by atoms with Crippen LogP contribution in [-0.2, 0) is 0 Å². The predicted octanol–water partition coefficient (Wildman–Crippen LogP) is 5.27. The van der Waals surface area contributed by atoms with Crippen molar-refractivity contribution in [3.8, 4) is 0 Å². The van der Waals surface area contributed by atoms with Gasteiger partial charge in [-0.3, -0.25) is 0 Å². The molecule has 0 spiro atoms. The van der Waals surface area contributed by atoms with Gasteiger partial charge in [-0.15, -0.1) is 0 Å². The second-order valence-electron chi connectivity index (χ2n) is 5.68. The number of rotatable bonds is 0. The van der Waals surface area contributed by atoms with Crippen molar-refractivity contribution in [2.45, 2.75) is 13.8 Å². The Morgan fingerprint density at radius 1 is 0.550 bits per heavy atom. The summed E-state index contributed by atoms with van der Waals surface area (Å²) in [6.07, 6.45) is 8.94. The third-order valence-electron chi connectivity index (χ3n) is 4.15. The SMILES string of the molecule is Cc1ccc2c(c1)/C(=C1/C=Cc3ccc(C)cc31)C=C2. The van der Waals surface area contributed by atoms with Crippen LogP contribution in [0, 0.1) is 13.8 Å². The first-order chi connectivity index (χ1) is 9.72. The topological polar surface area (TPSA) is 0 Å². The van der Waals surface area contributed by atoms with Gasteiger partial charge >= 0.3 is 0 Å². The molecule has 2 aliphatic rings. The molecule has 4 rings (SSSR count). The van der Waals surface area contributed by atoms with E-state index in [1.54, 1.807) is 0 Å². The van der Waals surface area contributed by atoms with Gasteiger partial charge in [0, 0.05) is 0 Å². The predicted molar refractivity (Wildman–Crippen MR) is 87.2 cm³/mol. The first-order valence-corrected chi connectivity index (χ1v) is 7.05. The molecule has 0 aliphatic heterocycles. The van der Waals surface area contributed by atoms with E-state index in [1.807, 2.05) is 0 Å². The Labute approximate surface area is 119 Å². The molecule has 0 saturated carbocycles. The van der Waals surface area contributed by atoms with E-state index in [0.717, 1.165) is 0 Å². The van der Waals surface area contributed by atoms with Crippen molar-refractivity contribution in [2.24, 2.45) is 0 Å². The van der Waals surface area contributed by atoms with Crippen LogP contribution in [0.5, 0.6) is 0 Å². The summed E-state index contributed by atoms with van der Waals surface area (Å²) in [6, 6.07) is 13.4. The second-order valence-corrected chi connectivity index (χ2v) is 5.68. The summed E-state index contributed by atoms with van der Waals surface area (Å²) in [5, 5.41) is 0. The smallest absolute Gasteiger partial charge is 0.00989 e. The number of aryl methyl sites for hydroxylation is 2. The van der Waals surface area contributed by atoms with Crippen molar-refractivity contribution < 1.29 is 0 Å². The van der Waals surface area contributed by atoms with Crippen LogP contribution in [-0.4, -0.2) is 0 Å².